The maximum Gasteiger partial charge on any atom is 0.196 e. The van der Waals surface area contributed by atoms with Crippen LogP contribution in [-0.4, -0.2) is 26.3 Å². The molecule has 0 saturated carbocycles. The normalized spacial score (nSPS) is 10.9. The Morgan fingerprint density at radius 3 is 2.40 bits per heavy atom. The minimum atomic E-state index is 0.0232. The molecule has 0 N–H and O–H groups in total. The molecular weight excluding hydrogens is 482 g/mol. The van der Waals surface area contributed by atoms with E-state index >= 15 is 0 Å². The molecule has 0 spiro atoms. The first-order valence-corrected chi connectivity index (χ1v) is 11.4. The second-order valence-corrected chi connectivity index (χ2v) is 8.91. The smallest absolute Gasteiger partial charge is 0.196 e. The molecule has 150 valence electrons. The summed E-state index contributed by atoms with van der Waals surface area (Å²) in [5.41, 5.74) is 3.66. The van der Waals surface area contributed by atoms with E-state index in [0.29, 0.717) is 21.6 Å². The van der Waals surface area contributed by atoms with Gasteiger partial charge in [0.2, 0.25) is 0 Å². The van der Waals surface area contributed by atoms with Crippen molar-refractivity contribution in [1.29, 1.82) is 0 Å². The van der Waals surface area contributed by atoms with Gasteiger partial charge in [-0.1, -0.05) is 87.3 Å². The van der Waals surface area contributed by atoms with E-state index in [-0.39, 0.29) is 11.5 Å². The highest BCUT2D eigenvalue weighted by Crippen LogP contribution is 2.29. The van der Waals surface area contributed by atoms with Crippen molar-refractivity contribution in [2.45, 2.75) is 12.1 Å². The summed E-state index contributed by atoms with van der Waals surface area (Å²) in [6.07, 6.45) is 0. The van der Waals surface area contributed by atoms with Crippen LogP contribution in [0.15, 0.2) is 82.4 Å². The quantitative estimate of drug-likeness (QED) is 0.221. The summed E-state index contributed by atoms with van der Waals surface area (Å²) in [7, 11) is 0. The first-order valence-electron chi connectivity index (χ1n) is 9.22. The van der Waals surface area contributed by atoms with Gasteiger partial charge in [-0.2, -0.15) is 0 Å². The van der Waals surface area contributed by atoms with Gasteiger partial charge in [0, 0.05) is 26.3 Å². The maximum atomic E-state index is 12.7. The molecule has 4 rings (SSSR count). The number of ketones is 1. The molecule has 1 heterocycles. The number of rotatable bonds is 6. The first-order chi connectivity index (χ1) is 14.5. The molecule has 0 aliphatic heterocycles. The number of hydrogen-bond donors (Lipinski definition) is 0. The molecule has 0 unspecified atom stereocenters. The third-order valence-electron chi connectivity index (χ3n) is 4.53. The van der Waals surface area contributed by atoms with Crippen LogP contribution in [0.25, 0.3) is 17.1 Å². The number of thioether (sulfide) groups is 1. The van der Waals surface area contributed by atoms with Crippen molar-refractivity contribution in [1.82, 2.24) is 14.8 Å². The summed E-state index contributed by atoms with van der Waals surface area (Å²) in [4.78, 5) is 12.7. The molecule has 4 nitrogen and oxygen atoms in total. The fourth-order valence-electron chi connectivity index (χ4n) is 2.97. The standard InChI is InChI=1S/C23H17BrClN3OS/c1-15-6-8-16(9-7-15)22-26-27-23(28(22)18-12-10-17(25)11-13-18)30-14-21(29)19-4-2-3-5-20(19)24/h2-13H,14H2,1H3. The molecule has 0 aliphatic carbocycles. The molecule has 0 saturated heterocycles. The zero-order valence-corrected chi connectivity index (χ0v) is 19.2. The number of nitrogens with zero attached hydrogens (tertiary/aromatic N) is 3. The molecule has 0 radical (unpaired) electrons. The average molecular weight is 499 g/mol. The van der Waals surface area contributed by atoms with Crippen LogP contribution in [0.3, 0.4) is 0 Å². The van der Waals surface area contributed by atoms with E-state index in [2.05, 4.69) is 26.1 Å². The lowest BCUT2D eigenvalue weighted by Crippen LogP contribution is -2.05. The number of aryl methyl sites for hydroxylation is 1. The van der Waals surface area contributed by atoms with Gasteiger partial charge in [-0.3, -0.25) is 9.36 Å². The van der Waals surface area contributed by atoms with Crippen molar-refractivity contribution in [3.63, 3.8) is 0 Å². The number of Topliss-reactive ketones (excluding diaryl/α,β-unsaturated/α-hetero) is 1. The predicted molar refractivity (Wildman–Crippen MR) is 126 cm³/mol. The lowest BCUT2D eigenvalue weighted by molar-refractivity contribution is 0.102. The summed E-state index contributed by atoms with van der Waals surface area (Å²) in [6.45, 7) is 2.04. The zero-order chi connectivity index (χ0) is 21.1. The van der Waals surface area contributed by atoms with Gasteiger partial charge in [-0.05, 0) is 37.3 Å². The van der Waals surface area contributed by atoms with Crippen LogP contribution in [0.2, 0.25) is 5.02 Å². The van der Waals surface area contributed by atoms with Crippen LogP contribution in [0.5, 0.6) is 0 Å². The molecule has 30 heavy (non-hydrogen) atoms. The fourth-order valence-corrected chi connectivity index (χ4v) is 4.44. The molecule has 7 heteroatoms. The Labute approximate surface area is 192 Å². The topological polar surface area (TPSA) is 47.8 Å². The molecule has 0 amide bonds. The van der Waals surface area contributed by atoms with Crippen LogP contribution < -0.4 is 0 Å². The Morgan fingerprint density at radius 2 is 1.70 bits per heavy atom. The van der Waals surface area contributed by atoms with Gasteiger partial charge in [-0.25, -0.2) is 0 Å². The van der Waals surface area contributed by atoms with Crippen molar-refractivity contribution in [2.75, 3.05) is 5.75 Å². The lowest BCUT2D eigenvalue weighted by atomic mass is 10.1. The summed E-state index contributed by atoms with van der Waals surface area (Å²) in [6, 6.07) is 23.0. The highest BCUT2D eigenvalue weighted by Gasteiger charge is 2.18. The summed E-state index contributed by atoms with van der Waals surface area (Å²) >= 11 is 10.9. The molecule has 1 aromatic heterocycles. The highest BCUT2D eigenvalue weighted by atomic mass is 79.9. The van der Waals surface area contributed by atoms with Crippen molar-refractivity contribution in [2.24, 2.45) is 0 Å². The van der Waals surface area contributed by atoms with Crippen molar-refractivity contribution < 1.29 is 4.79 Å². The number of carbonyl (C=O) groups excluding carboxylic acids is 1. The van der Waals surface area contributed by atoms with Crippen LogP contribution in [0, 0.1) is 6.92 Å². The first kappa shape index (κ1) is 20.8. The number of hydrogen-bond acceptors (Lipinski definition) is 4. The van der Waals surface area contributed by atoms with Gasteiger partial charge in [-0.15, -0.1) is 10.2 Å². The van der Waals surface area contributed by atoms with E-state index in [4.69, 9.17) is 11.6 Å². The summed E-state index contributed by atoms with van der Waals surface area (Å²) < 4.78 is 2.74. The molecule has 0 bridgehead atoms. The summed E-state index contributed by atoms with van der Waals surface area (Å²) in [5.74, 6) is 0.991. The Balaban J connectivity index is 1.69. The van der Waals surface area contributed by atoms with Gasteiger partial charge in [0.1, 0.15) is 0 Å². The Hall–Kier alpha value is -2.41. The van der Waals surface area contributed by atoms with E-state index < -0.39 is 0 Å². The van der Waals surface area contributed by atoms with E-state index in [1.54, 1.807) is 0 Å². The van der Waals surface area contributed by atoms with Gasteiger partial charge in [0.25, 0.3) is 0 Å². The second-order valence-electron chi connectivity index (χ2n) is 6.68. The van der Waals surface area contributed by atoms with E-state index in [9.17, 15) is 4.79 Å². The van der Waals surface area contributed by atoms with Crippen LogP contribution >= 0.6 is 39.3 Å². The van der Waals surface area contributed by atoms with Gasteiger partial charge in [0.15, 0.2) is 16.8 Å². The average Bonchev–Trinajstić information content (AvgIpc) is 3.17. The molecule has 3 aromatic carbocycles. The molecule has 0 atom stereocenters. The highest BCUT2D eigenvalue weighted by molar-refractivity contribution is 9.10. The predicted octanol–water partition coefficient (Wildman–Crippen LogP) is 6.63. The Kier molecular flexibility index (Phi) is 6.37. The molecule has 0 aliphatic rings. The maximum absolute atomic E-state index is 12.7. The van der Waals surface area contributed by atoms with Crippen LogP contribution in [0.4, 0.5) is 0 Å². The molecular formula is C23H17BrClN3OS. The monoisotopic (exact) mass is 497 g/mol. The second kappa shape index (κ2) is 9.16. The van der Waals surface area contributed by atoms with Crippen LogP contribution in [-0.2, 0) is 0 Å². The third kappa shape index (κ3) is 4.51. The number of carbonyl (C=O) groups is 1. The Morgan fingerprint density at radius 1 is 1.00 bits per heavy atom. The zero-order valence-electron chi connectivity index (χ0n) is 16.0. The number of benzene rings is 3. The van der Waals surface area contributed by atoms with Crippen molar-refractivity contribution in [3.8, 4) is 17.1 Å². The lowest BCUT2D eigenvalue weighted by Gasteiger charge is -2.11. The van der Waals surface area contributed by atoms with Crippen LogP contribution in [0.1, 0.15) is 15.9 Å². The van der Waals surface area contributed by atoms with Crippen molar-refractivity contribution in [3.05, 3.63) is 93.4 Å². The van der Waals surface area contributed by atoms with E-state index in [1.807, 2.05) is 84.3 Å². The number of halogens is 2. The van der Waals surface area contributed by atoms with Gasteiger partial charge >= 0.3 is 0 Å². The Bertz CT molecular complexity index is 1190. The van der Waals surface area contributed by atoms with Gasteiger partial charge < -0.3 is 0 Å². The van der Waals surface area contributed by atoms with E-state index in [1.165, 1.54) is 17.3 Å². The third-order valence-corrected chi connectivity index (χ3v) is 6.41. The largest absolute Gasteiger partial charge is 0.293 e. The minimum Gasteiger partial charge on any atom is -0.293 e. The number of aromatic nitrogens is 3. The minimum absolute atomic E-state index is 0.0232. The van der Waals surface area contributed by atoms with Gasteiger partial charge in [0.05, 0.1) is 5.75 Å². The SMILES string of the molecule is Cc1ccc(-c2nnc(SCC(=O)c3ccccc3Br)n2-c2ccc(Cl)cc2)cc1. The summed E-state index contributed by atoms with van der Waals surface area (Å²) in [5, 5.41) is 10.1. The molecule has 4 aromatic rings. The fraction of sp³-hybridized carbons (Fsp3) is 0.0870. The molecule has 0 fully saturated rings. The van der Waals surface area contributed by atoms with Crippen molar-refractivity contribution >= 4 is 45.1 Å². The van der Waals surface area contributed by atoms with E-state index in [0.717, 1.165) is 15.7 Å².